The Labute approximate surface area is 173 Å². The summed E-state index contributed by atoms with van der Waals surface area (Å²) in [6, 6.07) is 16.8. The predicted octanol–water partition coefficient (Wildman–Crippen LogP) is 4.38. The van der Waals surface area contributed by atoms with Gasteiger partial charge in [-0.05, 0) is 24.5 Å². The molecule has 1 aromatic heterocycles. The highest BCUT2D eigenvalue weighted by Gasteiger charge is 2.24. The first kappa shape index (κ1) is 20.6. The number of rotatable bonds is 7. The summed E-state index contributed by atoms with van der Waals surface area (Å²) in [6.07, 6.45) is 0. The third-order valence-electron chi connectivity index (χ3n) is 4.50. The summed E-state index contributed by atoms with van der Waals surface area (Å²) in [4.78, 5) is 24.6. The van der Waals surface area contributed by atoms with E-state index in [0.717, 1.165) is 5.56 Å². The van der Waals surface area contributed by atoms with E-state index >= 15 is 0 Å². The molecular formula is C22H21ClN2O4. The Morgan fingerprint density at radius 2 is 1.83 bits per heavy atom. The van der Waals surface area contributed by atoms with Gasteiger partial charge in [0.25, 0.3) is 5.91 Å². The van der Waals surface area contributed by atoms with Crippen LogP contribution < -0.4 is 5.32 Å². The number of halogens is 1. The Hall–Kier alpha value is -3.12. The van der Waals surface area contributed by atoms with E-state index in [1.54, 1.807) is 31.2 Å². The van der Waals surface area contributed by atoms with Crippen molar-refractivity contribution in [2.24, 2.45) is 0 Å². The lowest BCUT2D eigenvalue weighted by Gasteiger charge is -2.13. The molecule has 1 amide bonds. The zero-order valence-electron chi connectivity index (χ0n) is 16.1. The molecule has 29 heavy (non-hydrogen) atoms. The van der Waals surface area contributed by atoms with Gasteiger partial charge in [-0.25, -0.2) is 4.79 Å². The average molecular weight is 413 g/mol. The van der Waals surface area contributed by atoms with E-state index in [9.17, 15) is 9.59 Å². The van der Waals surface area contributed by atoms with Crippen LogP contribution in [0.4, 0.5) is 0 Å². The smallest absolute Gasteiger partial charge is 0.344 e. The van der Waals surface area contributed by atoms with Crippen molar-refractivity contribution in [2.75, 3.05) is 13.2 Å². The van der Waals surface area contributed by atoms with Gasteiger partial charge < -0.3 is 14.6 Å². The molecule has 0 unspecified atom stereocenters. The summed E-state index contributed by atoms with van der Waals surface area (Å²) in [5, 5.41) is 7.14. The fourth-order valence-electron chi connectivity index (χ4n) is 2.87. The molecule has 0 radical (unpaired) electrons. The lowest BCUT2D eigenvalue weighted by molar-refractivity contribution is -0.124. The van der Waals surface area contributed by atoms with Crippen molar-refractivity contribution >= 4 is 23.5 Å². The third-order valence-corrected chi connectivity index (χ3v) is 4.83. The monoisotopic (exact) mass is 412 g/mol. The number of hydrogen-bond donors (Lipinski definition) is 1. The van der Waals surface area contributed by atoms with Crippen LogP contribution in [0.25, 0.3) is 11.3 Å². The minimum Gasteiger partial charge on any atom is -0.452 e. The van der Waals surface area contributed by atoms with Crippen LogP contribution in [0.15, 0.2) is 59.1 Å². The van der Waals surface area contributed by atoms with Gasteiger partial charge in [0.2, 0.25) is 0 Å². The van der Waals surface area contributed by atoms with Crippen molar-refractivity contribution in [1.29, 1.82) is 0 Å². The molecule has 2 aromatic carbocycles. The minimum absolute atomic E-state index is 0.142. The summed E-state index contributed by atoms with van der Waals surface area (Å²) >= 11 is 6.20. The molecule has 3 aromatic rings. The van der Waals surface area contributed by atoms with E-state index < -0.39 is 12.6 Å². The van der Waals surface area contributed by atoms with Crippen molar-refractivity contribution in [3.05, 3.63) is 76.5 Å². The summed E-state index contributed by atoms with van der Waals surface area (Å²) in [7, 11) is 0. The van der Waals surface area contributed by atoms with E-state index in [1.807, 2.05) is 37.3 Å². The molecule has 0 aliphatic carbocycles. The number of aryl methyl sites for hydroxylation is 1. The van der Waals surface area contributed by atoms with Gasteiger partial charge in [0, 0.05) is 12.1 Å². The van der Waals surface area contributed by atoms with Gasteiger partial charge >= 0.3 is 5.97 Å². The zero-order chi connectivity index (χ0) is 20.8. The van der Waals surface area contributed by atoms with Gasteiger partial charge in [0.15, 0.2) is 6.61 Å². The summed E-state index contributed by atoms with van der Waals surface area (Å²) < 4.78 is 10.3. The minimum atomic E-state index is -0.690. The lowest BCUT2D eigenvalue weighted by Crippen LogP contribution is -2.31. The van der Waals surface area contributed by atoms with Crippen LogP contribution in [0.5, 0.6) is 0 Å². The standard InChI is InChI=1S/C22H21ClN2O4/c1-14(16-8-4-3-5-9-16)12-24-19(26)13-28-22(27)20-15(2)29-25-21(20)17-10-6-7-11-18(17)23/h3-11,14H,12-13H2,1-2H3,(H,24,26)/t14-/m0/s1. The third kappa shape index (κ3) is 5.03. The van der Waals surface area contributed by atoms with Crippen LogP contribution in [0.2, 0.25) is 5.02 Å². The molecule has 6 nitrogen and oxygen atoms in total. The number of carbonyl (C=O) groups excluding carboxylic acids is 2. The normalized spacial score (nSPS) is 11.7. The summed E-state index contributed by atoms with van der Waals surface area (Å²) in [5.41, 5.74) is 2.12. The Balaban J connectivity index is 1.59. The van der Waals surface area contributed by atoms with Crippen LogP contribution in [0, 0.1) is 6.92 Å². The zero-order valence-corrected chi connectivity index (χ0v) is 16.9. The highest BCUT2D eigenvalue weighted by Crippen LogP contribution is 2.31. The van der Waals surface area contributed by atoms with Crippen LogP contribution in [-0.4, -0.2) is 30.2 Å². The second kappa shape index (κ2) is 9.39. The first-order chi connectivity index (χ1) is 14.0. The Kier molecular flexibility index (Phi) is 6.67. The van der Waals surface area contributed by atoms with Gasteiger partial charge in [-0.15, -0.1) is 0 Å². The van der Waals surface area contributed by atoms with E-state index in [4.69, 9.17) is 20.9 Å². The highest BCUT2D eigenvalue weighted by molar-refractivity contribution is 6.33. The number of esters is 1. The molecule has 1 heterocycles. The molecule has 0 spiro atoms. The van der Waals surface area contributed by atoms with Gasteiger partial charge in [-0.1, -0.05) is 72.2 Å². The van der Waals surface area contributed by atoms with Crippen molar-refractivity contribution in [2.45, 2.75) is 19.8 Å². The summed E-state index contributed by atoms with van der Waals surface area (Å²) in [5.74, 6) is -0.634. The Morgan fingerprint density at radius 1 is 1.14 bits per heavy atom. The number of benzene rings is 2. The second-order valence-electron chi connectivity index (χ2n) is 6.63. The Bertz CT molecular complexity index is 1000. The number of ether oxygens (including phenoxy) is 1. The molecular weight excluding hydrogens is 392 g/mol. The molecule has 150 valence electrons. The maximum absolute atomic E-state index is 12.6. The second-order valence-corrected chi connectivity index (χ2v) is 7.04. The number of hydrogen-bond acceptors (Lipinski definition) is 5. The molecule has 0 saturated heterocycles. The number of amides is 1. The van der Waals surface area contributed by atoms with Crippen LogP contribution in [0.1, 0.15) is 34.5 Å². The maximum atomic E-state index is 12.6. The lowest BCUT2D eigenvalue weighted by atomic mass is 10.0. The van der Waals surface area contributed by atoms with Crippen molar-refractivity contribution < 1.29 is 18.8 Å². The van der Waals surface area contributed by atoms with Crippen molar-refractivity contribution in [1.82, 2.24) is 10.5 Å². The van der Waals surface area contributed by atoms with E-state index in [1.165, 1.54) is 0 Å². The van der Waals surface area contributed by atoms with Gasteiger partial charge in [0.05, 0.1) is 5.02 Å². The first-order valence-electron chi connectivity index (χ1n) is 9.17. The molecule has 3 rings (SSSR count). The van der Waals surface area contributed by atoms with Crippen molar-refractivity contribution in [3.63, 3.8) is 0 Å². The first-order valence-corrected chi connectivity index (χ1v) is 9.55. The van der Waals surface area contributed by atoms with E-state index in [-0.39, 0.29) is 23.1 Å². The van der Waals surface area contributed by atoms with Crippen LogP contribution >= 0.6 is 11.6 Å². The summed E-state index contributed by atoms with van der Waals surface area (Å²) in [6.45, 7) is 3.66. The van der Waals surface area contributed by atoms with Crippen molar-refractivity contribution in [3.8, 4) is 11.3 Å². The predicted molar refractivity (Wildman–Crippen MR) is 110 cm³/mol. The molecule has 0 aliphatic heterocycles. The average Bonchev–Trinajstić information content (AvgIpc) is 3.12. The van der Waals surface area contributed by atoms with E-state index in [2.05, 4.69) is 10.5 Å². The topological polar surface area (TPSA) is 81.4 Å². The molecule has 0 bridgehead atoms. The number of aromatic nitrogens is 1. The number of carbonyl (C=O) groups is 2. The fourth-order valence-corrected chi connectivity index (χ4v) is 3.10. The molecule has 1 N–H and O–H groups in total. The molecule has 7 heteroatoms. The quantitative estimate of drug-likeness (QED) is 0.582. The van der Waals surface area contributed by atoms with Crippen LogP contribution in [-0.2, 0) is 9.53 Å². The SMILES string of the molecule is Cc1onc(-c2ccccc2Cl)c1C(=O)OCC(=O)NC[C@H](C)c1ccccc1. The highest BCUT2D eigenvalue weighted by atomic mass is 35.5. The molecule has 0 fully saturated rings. The molecule has 0 saturated carbocycles. The van der Waals surface area contributed by atoms with Crippen LogP contribution in [0.3, 0.4) is 0 Å². The largest absolute Gasteiger partial charge is 0.452 e. The van der Waals surface area contributed by atoms with Gasteiger partial charge in [0.1, 0.15) is 17.0 Å². The molecule has 0 aliphatic rings. The Morgan fingerprint density at radius 3 is 2.55 bits per heavy atom. The molecule has 1 atom stereocenters. The van der Waals surface area contributed by atoms with E-state index in [0.29, 0.717) is 22.9 Å². The fraction of sp³-hybridized carbons (Fsp3) is 0.227. The van der Waals surface area contributed by atoms with Gasteiger partial charge in [-0.2, -0.15) is 0 Å². The number of nitrogens with one attached hydrogen (secondary N) is 1. The number of nitrogens with zero attached hydrogens (tertiary/aromatic N) is 1. The van der Waals surface area contributed by atoms with Gasteiger partial charge in [-0.3, -0.25) is 4.79 Å². The maximum Gasteiger partial charge on any atom is 0.344 e.